The summed E-state index contributed by atoms with van der Waals surface area (Å²) in [7, 11) is 0. The highest BCUT2D eigenvalue weighted by Gasteiger charge is 2.49. The first kappa shape index (κ1) is 12.6. The van der Waals surface area contributed by atoms with Crippen molar-refractivity contribution < 1.29 is 19.1 Å². The summed E-state index contributed by atoms with van der Waals surface area (Å²) in [5.41, 5.74) is -0.607. The van der Waals surface area contributed by atoms with Crippen LogP contribution in [0.5, 0.6) is 0 Å². The number of ketones is 2. The van der Waals surface area contributed by atoms with E-state index in [0.717, 1.165) is 24.3 Å². The Hall–Kier alpha value is -0.840. The van der Waals surface area contributed by atoms with Gasteiger partial charge in [-0.1, -0.05) is 6.92 Å². The Morgan fingerprint density at radius 3 is 2.59 bits per heavy atom. The number of carbonyl (C=O) groups is 3. The van der Waals surface area contributed by atoms with Gasteiger partial charge < -0.3 is 4.74 Å². The lowest BCUT2D eigenvalue weighted by molar-refractivity contribution is -0.179. The molecule has 17 heavy (non-hydrogen) atoms. The second-order valence-corrected chi connectivity index (χ2v) is 5.84. The van der Waals surface area contributed by atoms with Crippen molar-refractivity contribution in [3.8, 4) is 0 Å². The van der Waals surface area contributed by atoms with Crippen LogP contribution in [0.4, 0.5) is 0 Å². The lowest BCUT2D eigenvalue weighted by Crippen LogP contribution is -2.51. The number of Topliss-reactive ketones (excluding diaryl/α,β-unsaturated/α-hetero) is 2. The lowest BCUT2D eigenvalue weighted by atomic mass is 9.81. The molecule has 2 saturated heterocycles. The highest BCUT2D eigenvalue weighted by Crippen LogP contribution is 2.38. The normalized spacial score (nSPS) is 27.9. The zero-order valence-electron chi connectivity index (χ0n) is 9.86. The molecule has 0 aromatic rings. The first-order valence-electron chi connectivity index (χ1n) is 5.94. The SMILES string of the molecule is CCC(=O)C1C(=O)CC2(CCSCC2)OC1=O. The molecule has 2 aliphatic heterocycles. The Balaban J connectivity index is 2.14. The smallest absolute Gasteiger partial charge is 0.324 e. The van der Waals surface area contributed by atoms with Gasteiger partial charge in [0.15, 0.2) is 17.5 Å². The van der Waals surface area contributed by atoms with Gasteiger partial charge in [-0.25, -0.2) is 0 Å². The van der Waals surface area contributed by atoms with E-state index in [1.807, 2.05) is 11.8 Å². The molecule has 2 fully saturated rings. The van der Waals surface area contributed by atoms with Crippen molar-refractivity contribution in [1.29, 1.82) is 0 Å². The first-order valence-corrected chi connectivity index (χ1v) is 7.09. The molecule has 2 heterocycles. The van der Waals surface area contributed by atoms with Gasteiger partial charge in [-0.2, -0.15) is 11.8 Å². The number of ether oxygens (including phenoxy) is 1. The maximum absolute atomic E-state index is 12.0. The van der Waals surface area contributed by atoms with E-state index in [2.05, 4.69) is 0 Å². The minimum atomic E-state index is -1.15. The fourth-order valence-corrected chi connectivity index (χ4v) is 3.63. The van der Waals surface area contributed by atoms with E-state index in [1.54, 1.807) is 6.92 Å². The lowest BCUT2D eigenvalue weighted by Gasteiger charge is -2.40. The molecule has 2 aliphatic rings. The van der Waals surface area contributed by atoms with E-state index in [-0.39, 0.29) is 24.4 Å². The third-order valence-electron chi connectivity index (χ3n) is 3.45. The van der Waals surface area contributed by atoms with Gasteiger partial charge in [0.1, 0.15) is 5.60 Å². The van der Waals surface area contributed by atoms with E-state index in [0.29, 0.717) is 0 Å². The van der Waals surface area contributed by atoms with Crippen LogP contribution in [0.1, 0.15) is 32.6 Å². The molecule has 0 aromatic carbocycles. The Bertz CT molecular complexity index is 338. The number of hydrogen-bond donors (Lipinski definition) is 0. The molecule has 0 saturated carbocycles. The van der Waals surface area contributed by atoms with Crippen molar-refractivity contribution in [3.05, 3.63) is 0 Å². The topological polar surface area (TPSA) is 60.4 Å². The number of rotatable bonds is 2. The van der Waals surface area contributed by atoms with Gasteiger partial charge >= 0.3 is 5.97 Å². The van der Waals surface area contributed by atoms with E-state index in [9.17, 15) is 14.4 Å². The van der Waals surface area contributed by atoms with Crippen LogP contribution in [0.15, 0.2) is 0 Å². The van der Waals surface area contributed by atoms with Gasteiger partial charge in [-0.3, -0.25) is 14.4 Å². The highest BCUT2D eigenvalue weighted by molar-refractivity contribution is 7.99. The van der Waals surface area contributed by atoms with Gasteiger partial charge in [0.2, 0.25) is 0 Å². The summed E-state index contributed by atoms with van der Waals surface area (Å²) in [5.74, 6) is -0.528. The summed E-state index contributed by atoms with van der Waals surface area (Å²) in [6.45, 7) is 1.66. The molecule has 5 heteroatoms. The molecule has 0 bridgehead atoms. The van der Waals surface area contributed by atoms with Gasteiger partial charge in [0.25, 0.3) is 0 Å². The van der Waals surface area contributed by atoms with Crippen LogP contribution < -0.4 is 0 Å². The molecule has 0 aliphatic carbocycles. The third-order valence-corrected chi connectivity index (χ3v) is 4.43. The average molecular weight is 256 g/mol. The monoisotopic (exact) mass is 256 g/mol. The zero-order valence-corrected chi connectivity index (χ0v) is 10.7. The van der Waals surface area contributed by atoms with Crippen LogP contribution in [0, 0.1) is 5.92 Å². The number of hydrogen-bond acceptors (Lipinski definition) is 5. The van der Waals surface area contributed by atoms with Crippen LogP contribution in [0.2, 0.25) is 0 Å². The fraction of sp³-hybridized carbons (Fsp3) is 0.750. The van der Waals surface area contributed by atoms with Crippen LogP contribution in [-0.4, -0.2) is 34.6 Å². The van der Waals surface area contributed by atoms with E-state index in [4.69, 9.17) is 4.74 Å². The Morgan fingerprint density at radius 1 is 1.41 bits per heavy atom. The minimum Gasteiger partial charge on any atom is -0.458 e. The molecule has 1 spiro atoms. The Kier molecular flexibility index (Phi) is 3.56. The van der Waals surface area contributed by atoms with Crippen LogP contribution in [0.3, 0.4) is 0 Å². The predicted octanol–water partition coefficient (Wildman–Crippen LogP) is 1.36. The molecule has 4 nitrogen and oxygen atoms in total. The summed E-state index contributed by atoms with van der Waals surface area (Å²) in [5, 5.41) is 0. The van der Waals surface area contributed by atoms with E-state index < -0.39 is 17.5 Å². The van der Waals surface area contributed by atoms with Gasteiger partial charge in [-0.05, 0) is 24.3 Å². The Morgan fingerprint density at radius 2 is 2.06 bits per heavy atom. The molecule has 0 N–H and O–H groups in total. The van der Waals surface area contributed by atoms with Crippen molar-refractivity contribution in [1.82, 2.24) is 0 Å². The van der Waals surface area contributed by atoms with E-state index >= 15 is 0 Å². The van der Waals surface area contributed by atoms with Crippen LogP contribution in [0.25, 0.3) is 0 Å². The van der Waals surface area contributed by atoms with Gasteiger partial charge in [0, 0.05) is 12.8 Å². The van der Waals surface area contributed by atoms with Crippen molar-refractivity contribution in [2.75, 3.05) is 11.5 Å². The number of esters is 1. The van der Waals surface area contributed by atoms with Crippen molar-refractivity contribution >= 4 is 29.3 Å². The van der Waals surface area contributed by atoms with Crippen molar-refractivity contribution in [2.45, 2.75) is 38.2 Å². The van der Waals surface area contributed by atoms with Crippen molar-refractivity contribution in [2.24, 2.45) is 5.92 Å². The predicted molar refractivity (Wildman–Crippen MR) is 63.8 cm³/mol. The molecule has 94 valence electrons. The Labute approximate surface area is 104 Å². The quantitative estimate of drug-likeness (QED) is 0.551. The molecular formula is C12H16O4S. The summed E-state index contributed by atoms with van der Waals surface area (Å²) in [4.78, 5) is 35.3. The minimum absolute atomic E-state index is 0.203. The van der Waals surface area contributed by atoms with Crippen LogP contribution >= 0.6 is 11.8 Å². The second kappa shape index (κ2) is 4.80. The molecule has 0 aromatic heterocycles. The average Bonchev–Trinajstić information content (AvgIpc) is 2.28. The van der Waals surface area contributed by atoms with Gasteiger partial charge in [-0.15, -0.1) is 0 Å². The largest absolute Gasteiger partial charge is 0.458 e. The maximum Gasteiger partial charge on any atom is 0.324 e. The molecule has 1 unspecified atom stereocenters. The fourth-order valence-electron chi connectivity index (χ4n) is 2.40. The summed E-state index contributed by atoms with van der Waals surface area (Å²) < 4.78 is 5.43. The molecular weight excluding hydrogens is 240 g/mol. The van der Waals surface area contributed by atoms with Crippen LogP contribution in [-0.2, 0) is 19.1 Å². The van der Waals surface area contributed by atoms with E-state index in [1.165, 1.54) is 0 Å². The maximum atomic E-state index is 12.0. The van der Waals surface area contributed by atoms with Crippen molar-refractivity contribution in [3.63, 3.8) is 0 Å². The second-order valence-electron chi connectivity index (χ2n) is 4.61. The van der Waals surface area contributed by atoms with Gasteiger partial charge in [0.05, 0.1) is 0 Å². The molecule has 0 amide bonds. The summed E-state index contributed by atoms with van der Waals surface area (Å²) in [6, 6.07) is 0. The molecule has 0 radical (unpaired) electrons. The highest BCUT2D eigenvalue weighted by atomic mass is 32.2. The first-order chi connectivity index (χ1) is 8.08. The summed E-state index contributed by atoms with van der Waals surface area (Å²) in [6.07, 6.45) is 1.87. The third kappa shape index (κ3) is 2.39. The molecule has 2 rings (SSSR count). The number of carbonyl (C=O) groups excluding carboxylic acids is 3. The molecule has 1 atom stereocenters. The number of thioether (sulfide) groups is 1. The summed E-state index contributed by atoms with van der Waals surface area (Å²) >= 11 is 1.81. The zero-order chi connectivity index (χ0) is 12.5. The standard InChI is InChI=1S/C12H16O4S/c1-2-8(13)10-9(14)7-12(16-11(10)15)3-5-17-6-4-12/h10H,2-7H2,1H3.